The van der Waals surface area contributed by atoms with Gasteiger partial charge in [0.1, 0.15) is 5.82 Å². The normalized spacial score (nSPS) is 23.1. The van der Waals surface area contributed by atoms with Crippen LogP contribution in [0.4, 0.5) is 0 Å². The van der Waals surface area contributed by atoms with Crippen molar-refractivity contribution in [1.29, 1.82) is 0 Å². The van der Waals surface area contributed by atoms with Crippen LogP contribution in [-0.4, -0.2) is 43.0 Å². The molecule has 1 saturated carbocycles. The predicted molar refractivity (Wildman–Crippen MR) is 109 cm³/mol. The molecule has 28 heavy (non-hydrogen) atoms. The number of aryl methyl sites for hydroxylation is 2. The van der Waals surface area contributed by atoms with E-state index in [1.807, 2.05) is 6.07 Å². The quantitative estimate of drug-likeness (QED) is 0.486. The van der Waals surface area contributed by atoms with Crippen LogP contribution in [0.25, 0.3) is 0 Å². The Hall–Kier alpha value is -1.79. The zero-order valence-electron chi connectivity index (χ0n) is 16.7. The number of hydrogen-bond acceptors (Lipinski definition) is 5. The summed E-state index contributed by atoms with van der Waals surface area (Å²) in [7, 11) is 0. The number of aliphatic hydroxyl groups excluding tert-OH is 2. The van der Waals surface area contributed by atoms with Crippen molar-refractivity contribution in [2.24, 2.45) is 11.8 Å². The maximum absolute atomic E-state index is 10.7. The number of aromatic amines is 1. The summed E-state index contributed by atoms with van der Waals surface area (Å²) in [6.45, 7) is 0. The summed E-state index contributed by atoms with van der Waals surface area (Å²) in [4.78, 5) is 0. The molecule has 1 fully saturated rings. The number of unbranched alkanes of at least 4 members (excludes halogenated alkanes) is 3. The topological polar surface area (TPSA) is 94.9 Å². The molecule has 0 saturated heterocycles. The Bertz CT molecular complexity index is 650. The van der Waals surface area contributed by atoms with Gasteiger partial charge < -0.3 is 10.2 Å². The van der Waals surface area contributed by atoms with Gasteiger partial charge in [-0.1, -0.05) is 49.6 Å². The maximum Gasteiger partial charge on any atom is 0.148 e. The smallest absolute Gasteiger partial charge is 0.148 e. The van der Waals surface area contributed by atoms with Crippen LogP contribution in [0.5, 0.6) is 0 Å². The maximum atomic E-state index is 10.7. The van der Waals surface area contributed by atoms with Gasteiger partial charge in [0.05, 0.1) is 12.2 Å². The van der Waals surface area contributed by atoms with E-state index in [1.54, 1.807) is 0 Å². The molecule has 0 aliphatic heterocycles. The van der Waals surface area contributed by atoms with Crippen molar-refractivity contribution in [2.75, 3.05) is 0 Å². The Morgan fingerprint density at radius 2 is 1.82 bits per heavy atom. The summed E-state index contributed by atoms with van der Waals surface area (Å²) in [6, 6.07) is 10.5. The van der Waals surface area contributed by atoms with Crippen LogP contribution in [0.2, 0.25) is 0 Å². The van der Waals surface area contributed by atoms with E-state index >= 15 is 0 Å². The molecule has 1 aromatic heterocycles. The molecule has 6 heteroatoms. The molecule has 2 aromatic rings. The van der Waals surface area contributed by atoms with Gasteiger partial charge in [-0.3, -0.25) is 0 Å². The molecule has 4 atom stereocenters. The molecular weight excluding hydrogens is 352 g/mol. The van der Waals surface area contributed by atoms with Crippen molar-refractivity contribution in [3.05, 3.63) is 41.7 Å². The molecule has 1 aliphatic rings. The first kappa shape index (κ1) is 20.9. The van der Waals surface area contributed by atoms with Crippen molar-refractivity contribution in [2.45, 2.75) is 82.8 Å². The Morgan fingerprint density at radius 3 is 2.61 bits per heavy atom. The molecule has 1 heterocycles. The second kappa shape index (κ2) is 11.3. The largest absolute Gasteiger partial charge is 0.393 e. The highest BCUT2D eigenvalue weighted by molar-refractivity contribution is 5.14. The minimum Gasteiger partial charge on any atom is -0.393 e. The fraction of sp³-hybridized carbons (Fsp3) is 0.682. The van der Waals surface area contributed by atoms with E-state index < -0.39 is 0 Å². The molecule has 6 nitrogen and oxygen atoms in total. The second-order valence-corrected chi connectivity index (χ2v) is 8.22. The number of rotatable bonds is 12. The van der Waals surface area contributed by atoms with Gasteiger partial charge >= 0.3 is 0 Å². The SMILES string of the molecule is OC(CCCc1ccccc1)[C@@H]1CC[C@H](O)[C@@H]1CCCCCCc1nnn[nH]1. The molecule has 0 spiro atoms. The number of hydrogen-bond donors (Lipinski definition) is 3. The Balaban J connectivity index is 1.33. The summed E-state index contributed by atoms with van der Waals surface area (Å²) in [5, 5.41) is 35.0. The Labute approximate surface area is 167 Å². The first-order valence-corrected chi connectivity index (χ1v) is 10.9. The van der Waals surface area contributed by atoms with Gasteiger partial charge in [0.25, 0.3) is 0 Å². The summed E-state index contributed by atoms with van der Waals surface area (Å²) < 4.78 is 0. The zero-order valence-corrected chi connectivity index (χ0v) is 16.7. The number of aromatic nitrogens is 4. The Morgan fingerprint density at radius 1 is 1.00 bits per heavy atom. The van der Waals surface area contributed by atoms with Gasteiger partial charge in [-0.05, 0) is 72.8 Å². The average molecular weight is 387 g/mol. The summed E-state index contributed by atoms with van der Waals surface area (Å²) >= 11 is 0. The lowest BCUT2D eigenvalue weighted by atomic mass is 9.84. The van der Waals surface area contributed by atoms with Crippen LogP contribution in [-0.2, 0) is 12.8 Å². The third-order valence-electron chi connectivity index (χ3n) is 6.23. The monoisotopic (exact) mass is 386 g/mol. The van der Waals surface area contributed by atoms with Crippen molar-refractivity contribution in [3.8, 4) is 0 Å². The van der Waals surface area contributed by atoms with Gasteiger partial charge in [0.2, 0.25) is 0 Å². The average Bonchev–Trinajstić information content (AvgIpc) is 3.35. The van der Waals surface area contributed by atoms with Gasteiger partial charge in [-0.25, -0.2) is 5.10 Å². The van der Waals surface area contributed by atoms with Gasteiger partial charge in [-0.15, -0.1) is 5.10 Å². The molecular formula is C22H34N4O2. The minimum absolute atomic E-state index is 0.242. The molecule has 0 radical (unpaired) electrons. The summed E-state index contributed by atoms with van der Waals surface area (Å²) in [6.07, 6.45) is 10.5. The number of tetrazole rings is 1. The van der Waals surface area contributed by atoms with Gasteiger partial charge in [0, 0.05) is 6.42 Å². The molecule has 154 valence electrons. The minimum atomic E-state index is -0.287. The van der Waals surface area contributed by atoms with Crippen molar-refractivity contribution < 1.29 is 10.2 Å². The number of H-pyrrole nitrogens is 1. The van der Waals surface area contributed by atoms with E-state index in [-0.39, 0.29) is 24.0 Å². The van der Waals surface area contributed by atoms with E-state index in [0.29, 0.717) is 0 Å². The second-order valence-electron chi connectivity index (χ2n) is 8.22. The van der Waals surface area contributed by atoms with Crippen LogP contribution >= 0.6 is 0 Å². The van der Waals surface area contributed by atoms with Crippen LogP contribution in [0.3, 0.4) is 0 Å². The number of benzene rings is 1. The third kappa shape index (κ3) is 6.38. The van der Waals surface area contributed by atoms with Crippen molar-refractivity contribution >= 4 is 0 Å². The molecule has 1 unspecified atom stereocenters. The standard InChI is InChI=1S/C22H34N4O2/c27-20(13-8-11-17-9-4-3-5-10-17)19-15-16-21(28)18(19)12-6-1-2-7-14-22-23-25-26-24-22/h3-5,9-10,18-21,27-28H,1-2,6-8,11-16H2,(H,23,24,25,26)/t18-,19-,20?,21+/m1/s1. The Kier molecular flexibility index (Phi) is 8.42. The number of aliphatic hydroxyl groups is 2. The van der Waals surface area contributed by atoms with Gasteiger partial charge in [-0.2, -0.15) is 0 Å². The summed E-state index contributed by atoms with van der Waals surface area (Å²) in [5.41, 5.74) is 1.33. The first-order valence-electron chi connectivity index (χ1n) is 10.9. The van der Waals surface area contributed by atoms with Crippen molar-refractivity contribution in [3.63, 3.8) is 0 Å². The molecule has 3 rings (SSSR count). The lowest BCUT2D eigenvalue weighted by Crippen LogP contribution is -2.28. The van der Waals surface area contributed by atoms with Crippen LogP contribution in [0.15, 0.2) is 30.3 Å². The fourth-order valence-electron chi connectivity index (χ4n) is 4.65. The highest BCUT2D eigenvalue weighted by Gasteiger charge is 2.38. The van der Waals surface area contributed by atoms with E-state index in [2.05, 4.69) is 44.9 Å². The van der Waals surface area contributed by atoms with Gasteiger partial charge in [0.15, 0.2) is 0 Å². The van der Waals surface area contributed by atoms with E-state index in [4.69, 9.17) is 0 Å². The highest BCUT2D eigenvalue weighted by Crippen LogP contribution is 2.39. The molecule has 0 amide bonds. The van der Waals surface area contributed by atoms with Crippen LogP contribution in [0.1, 0.15) is 69.2 Å². The van der Waals surface area contributed by atoms with E-state index in [1.165, 1.54) is 5.56 Å². The van der Waals surface area contributed by atoms with Crippen molar-refractivity contribution in [1.82, 2.24) is 20.6 Å². The van der Waals surface area contributed by atoms with Crippen LogP contribution < -0.4 is 0 Å². The third-order valence-corrected chi connectivity index (χ3v) is 6.23. The first-order chi connectivity index (χ1) is 13.7. The number of nitrogens with one attached hydrogen (secondary N) is 1. The molecule has 1 aliphatic carbocycles. The lowest BCUT2D eigenvalue weighted by Gasteiger charge is -2.26. The molecule has 3 N–H and O–H groups in total. The zero-order chi connectivity index (χ0) is 19.6. The highest BCUT2D eigenvalue weighted by atomic mass is 16.3. The van der Waals surface area contributed by atoms with E-state index in [9.17, 15) is 10.2 Å². The van der Waals surface area contributed by atoms with Crippen LogP contribution in [0, 0.1) is 11.8 Å². The van der Waals surface area contributed by atoms with E-state index in [0.717, 1.165) is 76.5 Å². The molecule has 0 bridgehead atoms. The lowest BCUT2D eigenvalue weighted by molar-refractivity contribution is 0.0394. The molecule has 1 aromatic carbocycles. The predicted octanol–water partition coefficient (Wildman–Crippen LogP) is 3.46. The summed E-state index contributed by atoms with van der Waals surface area (Å²) in [5.74, 6) is 1.36. The number of nitrogens with zero attached hydrogens (tertiary/aromatic N) is 3. The fourth-order valence-corrected chi connectivity index (χ4v) is 4.65.